The zero-order valence-electron chi connectivity index (χ0n) is 13.9. The molecule has 0 aliphatic heterocycles. The third-order valence-electron chi connectivity index (χ3n) is 3.84. The number of aryl methyl sites for hydroxylation is 2. The van der Waals surface area contributed by atoms with Crippen LogP contribution >= 0.6 is 0 Å². The Morgan fingerprint density at radius 1 is 1.09 bits per heavy atom. The topological polar surface area (TPSA) is 64.6 Å². The Kier molecular flexibility index (Phi) is 5.21. The fourth-order valence-electron chi connectivity index (χ4n) is 2.49. The number of methoxy groups -OCH3 is 2. The van der Waals surface area contributed by atoms with E-state index in [-0.39, 0.29) is 5.97 Å². The maximum absolute atomic E-state index is 12.0. The van der Waals surface area contributed by atoms with Crippen LogP contribution in [-0.2, 0) is 19.1 Å². The molecule has 5 heteroatoms. The molecule has 0 unspecified atom stereocenters. The highest BCUT2D eigenvalue weighted by Gasteiger charge is 2.24. The van der Waals surface area contributed by atoms with Gasteiger partial charge in [-0.05, 0) is 31.0 Å². The van der Waals surface area contributed by atoms with Crippen LogP contribution in [0.5, 0.6) is 0 Å². The van der Waals surface area contributed by atoms with Crippen LogP contribution in [0, 0.1) is 13.8 Å². The molecule has 1 aromatic carbocycles. The quantitative estimate of drug-likeness (QED) is 0.865. The van der Waals surface area contributed by atoms with E-state index in [1.54, 1.807) is 6.08 Å². The first-order valence-corrected chi connectivity index (χ1v) is 7.38. The lowest BCUT2D eigenvalue weighted by Crippen LogP contribution is -2.19. The van der Waals surface area contributed by atoms with Crippen molar-refractivity contribution < 1.29 is 19.1 Å². The van der Waals surface area contributed by atoms with E-state index in [1.807, 2.05) is 32.0 Å². The second-order valence-corrected chi connectivity index (χ2v) is 5.49. The number of ether oxygens (including phenoxy) is 2. The van der Waals surface area contributed by atoms with Crippen LogP contribution in [0.2, 0.25) is 0 Å². The Labute approximate surface area is 136 Å². The van der Waals surface area contributed by atoms with Gasteiger partial charge in [0.15, 0.2) is 0 Å². The van der Waals surface area contributed by atoms with E-state index in [0.29, 0.717) is 29.7 Å². The zero-order chi connectivity index (χ0) is 17.0. The highest BCUT2D eigenvalue weighted by Crippen LogP contribution is 2.29. The van der Waals surface area contributed by atoms with Gasteiger partial charge in [0.05, 0.1) is 19.8 Å². The molecule has 1 aliphatic rings. The molecule has 0 saturated heterocycles. The molecule has 0 fully saturated rings. The van der Waals surface area contributed by atoms with Crippen molar-refractivity contribution in [2.75, 3.05) is 19.5 Å². The number of benzene rings is 1. The number of nitrogens with one attached hydrogen (secondary N) is 1. The van der Waals surface area contributed by atoms with Crippen molar-refractivity contribution in [1.82, 2.24) is 0 Å². The molecule has 0 heterocycles. The van der Waals surface area contributed by atoms with Crippen molar-refractivity contribution in [3.05, 3.63) is 52.2 Å². The molecule has 0 amide bonds. The summed E-state index contributed by atoms with van der Waals surface area (Å²) in [4.78, 5) is 23.8. The number of esters is 2. The first kappa shape index (κ1) is 16.8. The maximum Gasteiger partial charge on any atom is 0.335 e. The minimum absolute atomic E-state index is 0.310. The van der Waals surface area contributed by atoms with Crippen molar-refractivity contribution in [3.63, 3.8) is 0 Å². The number of rotatable bonds is 4. The van der Waals surface area contributed by atoms with E-state index in [2.05, 4.69) is 5.32 Å². The lowest BCUT2D eigenvalue weighted by atomic mass is 9.95. The molecule has 23 heavy (non-hydrogen) atoms. The van der Waals surface area contributed by atoms with E-state index in [0.717, 1.165) is 16.8 Å². The van der Waals surface area contributed by atoms with E-state index in [9.17, 15) is 9.59 Å². The first-order chi connectivity index (χ1) is 11.0. The van der Waals surface area contributed by atoms with Gasteiger partial charge in [0, 0.05) is 29.8 Å². The summed E-state index contributed by atoms with van der Waals surface area (Å²) in [7, 11) is 2.70. The molecular weight excluding hydrogens is 294 g/mol. The van der Waals surface area contributed by atoms with Crippen LogP contribution in [-0.4, -0.2) is 26.2 Å². The molecule has 0 bridgehead atoms. The summed E-state index contributed by atoms with van der Waals surface area (Å²) in [6.07, 6.45) is 2.36. The van der Waals surface area contributed by atoms with Gasteiger partial charge in [0.25, 0.3) is 0 Å². The van der Waals surface area contributed by atoms with Crippen molar-refractivity contribution in [2.45, 2.75) is 26.7 Å². The molecule has 0 radical (unpaired) electrons. The Balaban J connectivity index is 2.35. The molecule has 0 saturated carbocycles. The number of carbonyl (C=O) groups is 2. The highest BCUT2D eigenvalue weighted by molar-refractivity contribution is 5.95. The average Bonchev–Trinajstić information content (AvgIpc) is 2.56. The number of hydrogen-bond donors (Lipinski definition) is 1. The molecule has 122 valence electrons. The van der Waals surface area contributed by atoms with E-state index in [1.165, 1.54) is 14.2 Å². The van der Waals surface area contributed by atoms with Crippen molar-refractivity contribution >= 4 is 17.6 Å². The first-order valence-electron chi connectivity index (χ1n) is 7.38. The number of allylic oxidation sites excluding steroid dienone is 2. The SMILES string of the molecule is COC(=O)C1=CCC(C(=O)OC)=C(Nc2cc(C)ccc2C)C1. The summed E-state index contributed by atoms with van der Waals surface area (Å²) in [5.74, 6) is -0.771. The van der Waals surface area contributed by atoms with Crippen LogP contribution < -0.4 is 5.32 Å². The smallest absolute Gasteiger partial charge is 0.335 e. The van der Waals surface area contributed by atoms with Gasteiger partial charge in [-0.1, -0.05) is 18.2 Å². The van der Waals surface area contributed by atoms with Crippen LogP contribution in [0.3, 0.4) is 0 Å². The Bertz CT molecular complexity index is 701. The molecule has 1 aliphatic carbocycles. The second kappa shape index (κ2) is 7.13. The molecular formula is C18H21NO4. The summed E-state index contributed by atoms with van der Waals surface area (Å²) in [6, 6.07) is 6.04. The predicted octanol–water partition coefficient (Wildman–Crippen LogP) is 3.04. The minimum atomic E-state index is -0.391. The normalized spacial score (nSPS) is 14.2. The van der Waals surface area contributed by atoms with Crippen LogP contribution in [0.4, 0.5) is 5.69 Å². The molecule has 1 aromatic rings. The Hall–Kier alpha value is -2.56. The molecule has 0 spiro atoms. The number of hydrogen-bond acceptors (Lipinski definition) is 5. The fourth-order valence-corrected chi connectivity index (χ4v) is 2.49. The summed E-state index contributed by atoms with van der Waals surface area (Å²) >= 11 is 0. The Morgan fingerprint density at radius 3 is 2.43 bits per heavy atom. The highest BCUT2D eigenvalue weighted by atomic mass is 16.5. The molecule has 1 N–H and O–H groups in total. The summed E-state index contributed by atoms with van der Waals surface area (Å²) in [5, 5.41) is 3.29. The molecule has 2 rings (SSSR count). The maximum atomic E-state index is 12.0. The summed E-state index contributed by atoms with van der Waals surface area (Å²) in [6.45, 7) is 3.99. The van der Waals surface area contributed by atoms with Gasteiger partial charge in [0.2, 0.25) is 0 Å². The predicted molar refractivity (Wildman–Crippen MR) is 87.9 cm³/mol. The summed E-state index contributed by atoms with van der Waals surface area (Å²) < 4.78 is 9.63. The van der Waals surface area contributed by atoms with E-state index < -0.39 is 5.97 Å². The third kappa shape index (κ3) is 3.80. The number of carbonyl (C=O) groups excluding carboxylic acids is 2. The number of anilines is 1. The van der Waals surface area contributed by atoms with Gasteiger partial charge in [-0.15, -0.1) is 0 Å². The summed E-state index contributed by atoms with van der Waals surface area (Å²) in [5.41, 5.74) is 4.81. The van der Waals surface area contributed by atoms with Gasteiger partial charge in [-0.3, -0.25) is 0 Å². The minimum Gasteiger partial charge on any atom is -0.466 e. The molecule has 5 nitrogen and oxygen atoms in total. The van der Waals surface area contributed by atoms with E-state index >= 15 is 0 Å². The van der Waals surface area contributed by atoms with Crippen LogP contribution in [0.25, 0.3) is 0 Å². The monoisotopic (exact) mass is 315 g/mol. The average molecular weight is 315 g/mol. The van der Waals surface area contributed by atoms with Gasteiger partial charge in [0.1, 0.15) is 0 Å². The Morgan fingerprint density at radius 2 is 1.78 bits per heavy atom. The molecule has 0 atom stereocenters. The van der Waals surface area contributed by atoms with Crippen LogP contribution in [0.1, 0.15) is 24.0 Å². The third-order valence-corrected chi connectivity index (χ3v) is 3.84. The van der Waals surface area contributed by atoms with Crippen molar-refractivity contribution in [3.8, 4) is 0 Å². The van der Waals surface area contributed by atoms with Crippen molar-refractivity contribution in [2.24, 2.45) is 0 Å². The molecule has 0 aromatic heterocycles. The standard InChI is InChI=1S/C18H21NO4/c1-11-5-6-12(2)15(9-11)19-16-10-13(17(20)22-3)7-8-14(16)18(21)23-4/h5-7,9,19H,8,10H2,1-4H3. The zero-order valence-corrected chi connectivity index (χ0v) is 13.9. The lowest BCUT2D eigenvalue weighted by Gasteiger charge is -2.21. The lowest BCUT2D eigenvalue weighted by molar-refractivity contribution is -0.137. The van der Waals surface area contributed by atoms with Gasteiger partial charge >= 0.3 is 11.9 Å². The second-order valence-electron chi connectivity index (χ2n) is 5.49. The van der Waals surface area contributed by atoms with Gasteiger partial charge < -0.3 is 14.8 Å². The van der Waals surface area contributed by atoms with Gasteiger partial charge in [-0.25, -0.2) is 9.59 Å². The van der Waals surface area contributed by atoms with Crippen LogP contribution in [0.15, 0.2) is 41.1 Å². The fraction of sp³-hybridized carbons (Fsp3) is 0.333. The largest absolute Gasteiger partial charge is 0.466 e. The van der Waals surface area contributed by atoms with E-state index in [4.69, 9.17) is 9.47 Å². The van der Waals surface area contributed by atoms with Gasteiger partial charge in [-0.2, -0.15) is 0 Å². The van der Waals surface area contributed by atoms with Crippen molar-refractivity contribution in [1.29, 1.82) is 0 Å².